The van der Waals surface area contributed by atoms with Gasteiger partial charge in [-0.15, -0.1) is 0 Å². The molecule has 4 heterocycles. The third-order valence-electron chi connectivity index (χ3n) is 5.69. The predicted molar refractivity (Wildman–Crippen MR) is 105 cm³/mol. The number of nitrogen functional groups attached to an aromatic ring is 1. The molecule has 2 aromatic rings. The summed E-state index contributed by atoms with van der Waals surface area (Å²) in [5, 5.41) is 4.48. The lowest BCUT2D eigenvalue weighted by molar-refractivity contribution is 0.362. The van der Waals surface area contributed by atoms with Gasteiger partial charge in [-0.05, 0) is 31.6 Å². The lowest BCUT2D eigenvalue weighted by Crippen LogP contribution is -2.42. The molecule has 0 spiro atoms. The monoisotopic (exact) mass is 369 g/mol. The van der Waals surface area contributed by atoms with Crippen molar-refractivity contribution in [3.63, 3.8) is 0 Å². The van der Waals surface area contributed by atoms with Crippen molar-refractivity contribution in [3.8, 4) is 0 Å². The van der Waals surface area contributed by atoms with Crippen molar-refractivity contribution in [2.24, 2.45) is 10.9 Å². The third-order valence-corrected chi connectivity index (χ3v) is 6.83. The van der Waals surface area contributed by atoms with Crippen LogP contribution in [0.3, 0.4) is 0 Å². The number of aromatic nitrogens is 3. The van der Waals surface area contributed by atoms with Crippen LogP contribution >= 0.6 is 11.3 Å². The molecule has 0 bridgehead atoms. The summed E-state index contributed by atoms with van der Waals surface area (Å²) in [6, 6.07) is 2.42. The van der Waals surface area contributed by atoms with Crippen LogP contribution in [0.2, 0.25) is 0 Å². The molecule has 5 rings (SSSR count). The number of aliphatic imine (C=N–C) groups is 1. The van der Waals surface area contributed by atoms with E-state index in [0.717, 1.165) is 41.8 Å². The summed E-state index contributed by atoms with van der Waals surface area (Å²) in [4.78, 5) is 21.6. The first kappa shape index (κ1) is 16.0. The Labute approximate surface area is 156 Å². The van der Waals surface area contributed by atoms with Gasteiger partial charge in [0, 0.05) is 31.6 Å². The Kier molecular flexibility index (Phi) is 4.00. The smallest absolute Gasteiger partial charge is 0.186 e. The molecular weight excluding hydrogens is 346 g/mol. The van der Waals surface area contributed by atoms with Crippen LogP contribution in [0.5, 0.6) is 0 Å². The fourth-order valence-electron chi connectivity index (χ4n) is 4.51. The third kappa shape index (κ3) is 2.82. The standard InChI is InChI=1S/C18H23N7S/c19-14-9-15(22-10-21-14)24-17-16-12(6-7-20-17)23-18(26-16)25-8-2-4-11-3-1-5-13(11)25/h9-11,13H,1-8H2,(H3,19,20,21,22,24). The van der Waals surface area contributed by atoms with Crippen LogP contribution in [0.15, 0.2) is 17.4 Å². The molecule has 0 amide bonds. The molecular formula is C18H23N7S. The summed E-state index contributed by atoms with van der Waals surface area (Å²) in [5.74, 6) is 2.84. The molecule has 2 unspecified atom stereocenters. The van der Waals surface area contributed by atoms with Crippen molar-refractivity contribution in [2.75, 3.05) is 29.0 Å². The summed E-state index contributed by atoms with van der Waals surface area (Å²) < 4.78 is 0. The molecule has 3 aliphatic rings. The van der Waals surface area contributed by atoms with E-state index < -0.39 is 0 Å². The first-order valence-electron chi connectivity index (χ1n) is 9.43. The van der Waals surface area contributed by atoms with Gasteiger partial charge in [-0.3, -0.25) is 4.99 Å². The summed E-state index contributed by atoms with van der Waals surface area (Å²) in [6.45, 7) is 1.89. The van der Waals surface area contributed by atoms with Crippen molar-refractivity contribution in [2.45, 2.75) is 44.6 Å². The maximum Gasteiger partial charge on any atom is 0.186 e. The first-order valence-corrected chi connectivity index (χ1v) is 10.3. The highest BCUT2D eigenvalue weighted by Gasteiger charge is 2.37. The van der Waals surface area contributed by atoms with Crippen molar-refractivity contribution in [1.82, 2.24) is 15.0 Å². The largest absolute Gasteiger partial charge is 0.384 e. The van der Waals surface area contributed by atoms with Crippen LogP contribution in [-0.4, -0.2) is 39.9 Å². The van der Waals surface area contributed by atoms with Gasteiger partial charge >= 0.3 is 0 Å². The van der Waals surface area contributed by atoms with Gasteiger partial charge in [0.1, 0.15) is 23.8 Å². The number of fused-ring (bicyclic) bond motifs is 2. The molecule has 1 saturated heterocycles. The van der Waals surface area contributed by atoms with Gasteiger partial charge in [-0.2, -0.15) is 0 Å². The van der Waals surface area contributed by atoms with E-state index in [0.29, 0.717) is 17.7 Å². The number of rotatable bonds is 2. The molecule has 26 heavy (non-hydrogen) atoms. The number of amidine groups is 1. The average Bonchev–Trinajstić information content (AvgIpc) is 3.29. The Morgan fingerprint density at radius 3 is 3.04 bits per heavy atom. The van der Waals surface area contributed by atoms with E-state index in [-0.39, 0.29) is 0 Å². The topological polar surface area (TPSA) is 92.3 Å². The van der Waals surface area contributed by atoms with Crippen molar-refractivity contribution >= 4 is 33.9 Å². The fraction of sp³-hybridized carbons (Fsp3) is 0.556. The summed E-state index contributed by atoms with van der Waals surface area (Å²) in [5.41, 5.74) is 6.92. The number of thiazole rings is 1. The molecule has 1 aliphatic carbocycles. The minimum Gasteiger partial charge on any atom is -0.384 e. The Bertz CT molecular complexity index is 846. The zero-order valence-corrected chi connectivity index (χ0v) is 15.5. The summed E-state index contributed by atoms with van der Waals surface area (Å²) >= 11 is 1.77. The predicted octanol–water partition coefficient (Wildman–Crippen LogP) is 2.70. The van der Waals surface area contributed by atoms with Crippen LogP contribution in [0.4, 0.5) is 16.8 Å². The van der Waals surface area contributed by atoms with E-state index in [1.165, 1.54) is 43.6 Å². The van der Waals surface area contributed by atoms with Gasteiger partial charge in [0.2, 0.25) is 0 Å². The Morgan fingerprint density at radius 1 is 1.19 bits per heavy atom. The van der Waals surface area contributed by atoms with Crippen LogP contribution < -0.4 is 16.0 Å². The van der Waals surface area contributed by atoms with Crippen LogP contribution in [0, 0.1) is 5.92 Å². The number of nitrogens with two attached hydrogens (primary N) is 1. The molecule has 2 aliphatic heterocycles. The van der Waals surface area contributed by atoms with E-state index in [1.807, 2.05) is 0 Å². The van der Waals surface area contributed by atoms with Crippen LogP contribution in [0.1, 0.15) is 42.7 Å². The zero-order valence-electron chi connectivity index (χ0n) is 14.7. The SMILES string of the molecule is Nc1cc(NC2=NCCc3nc(N4CCCC5CCCC54)sc32)ncn1. The second-order valence-corrected chi connectivity index (χ2v) is 8.28. The molecule has 2 aromatic heterocycles. The van der Waals surface area contributed by atoms with Gasteiger partial charge in [-0.25, -0.2) is 15.0 Å². The fourth-order valence-corrected chi connectivity index (χ4v) is 5.67. The zero-order chi connectivity index (χ0) is 17.5. The average molecular weight is 369 g/mol. The lowest BCUT2D eigenvalue weighted by Gasteiger charge is -2.37. The van der Waals surface area contributed by atoms with Crippen LogP contribution in [-0.2, 0) is 6.42 Å². The number of anilines is 3. The quantitative estimate of drug-likeness (QED) is 0.845. The van der Waals surface area contributed by atoms with Crippen LogP contribution in [0.25, 0.3) is 0 Å². The molecule has 7 nitrogen and oxygen atoms in total. The highest BCUT2D eigenvalue weighted by Crippen LogP contribution is 2.41. The second-order valence-electron chi connectivity index (χ2n) is 7.30. The minimum atomic E-state index is 0.449. The van der Waals surface area contributed by atoms with Gasteiger partial charge in [-0.1, -0.05) is 17.8 Å². The highest BCUT2D eigenvalue weighted by molar-refractivity contribution is 7.17. The molecule has 1 saturated carbocycles. The van der Waals surface area contributed by atoms with Crippen molar-refractivity contribution in [1.29, 1.82) is 0 Å². The van der Waals surface area contributed by atoms with Gasteiger partial charge in [0.25, 0.3) is 0 Å². The van der Waals surface area contributed by atoms with Gasteiger partial charge in [0.15, 0.2) is 5.13 Å². The molecule has 0 aromatic carbocycles. The number of piperidine rings is 1. The Hall–Kier alpha value is -2.22. The van der Waals surface area contributed by atoms with E-state index in [1.54, 1.807) is 17.4 Å². The second kappa shape index (κ2) is 6.50. The lowest BCUT2D eigenvalue weighted by atomic mass is 9.92. The summed E-state index contributed by atoms with van der Waals surface area (Å²) in [6.07, 6.45) is 9.10. The number of nitrogens with one attached hydrogen (secondary N) is 1. The van der Waals surface area contributed by atoms with Gasteiger partial charge < -0.3 is 16.0 Å². The van der Waals surface area contributed by atoms with Crippen molar-refractivity contribution in [3.05, 3.63) is 23.0 Å². The maximum atomic E-state index is 5.76. The van der Waals surface area contributed by atoms with Gasteiger partial charge in [0.05, 0.1) is 10.6 Å². The molecule has 8 heteroatoms. The molecule has 136 valence electrons. The van der Waals surface area contributed by atoms with E-state index in [4.69, 9.17) is 10.7 Å². The molecule has 0 radical (unpaired) electrons. The van der Waals surface area contributed by atoms with E-state index in [9.17, 15) is 0 Å². The number of nitrogens with zero attached hydrogens (tertiary/aromatic N) is 5. The molecule has 2 fully saturated rings. The molecule has 2 atom stereocenters. The Balaban J connectivity index is 1.42. The van der Waals surface area contributed by atoms with E-state index in [2.05, 4.69) is 25.2 Å². The minimum absolute atomic E-state index is 0.449. The van der Waals surface area contributed by atoms with Crippen molar-refractivity contribution < 1.29 is 0 Å². The van der Waals surface area contributed by atoms with E-state index >= 15 is 0 Å². The maximum absolute atomic E-state index is 5.76. The summed E-state index contributed by atoms with van der Waals surface area (Å²) in [7, 11) is 0. The highest BCUT2D eigenvalue weighted by atomic mass is 32.1. The molecule has 3 N–H and O–H groups in total. The first-order chi connectivity index (χ1) is 12.8. The normalized spacial score (nSPS) is 24.8. The number of hydrogen-bond acceptors (Lipinski definition) is 8. The number of hydrogen-bond donors (Lipinski definition) is 2. The Morgan fingerprint density at radius 2 is 2.12 bits per heavy atom.